The Morgan fingerprint density at radius 1 is 1.12 bits per heavy atom. The van der Waals surface area contributed by atoms with Crippen LogP contribution in [0.25, 0.3) is 0 Å². The third-order valence-corrected chi connectivity index (χ3v) is 3.80. The Bertz CT molecular complexity index is 648. The molecule has 0 fully saturated rings. The molecule has 25 heavy (non-hydrogen) atoms. The second kappa shape index (κ2) is 10.3. The molecule has 0 aliphatic heterocycles. The van der Waals surface area contributed by atoms with Crippen molar-refractivity contribution in [1.29, 1.82) is 0 Å². The summed E-state index contributed by atoms with van der Waals surface area (Å²) in [6.07, 6.45) is 0. The van der Waals surface area contributed by atoms with Gasteiger partial charge in [0, 0.05) is 18.0 Å². The smallest absolute Gasteiger partial charge is 0.339 e. The number of imide groups is 1. The van der Waals surface area contributed by atoms with Gasteiger partial charge in [0.1, 0.15) is 0 Å². The summed E-state index contributed by atoms with van der Waals surface area (Å²) in [7, 11) is 1.36. The van der Waals surface area contributed by atoms with Crippen LogP contribution in [0.5, 0.6) is 0 Å². The first-order valence-electron chi connectivity index (χ1n) is 7.53. The average Bonchev–Trinajstić information content (AvgIpc) is 2.57. The van der Waals surface area contributed by atoms with Gasteiger partial charge in [0.25, 0.3) is 5.91 Å². The van der Waals surface area contributed by atoms with Gasteiger partial charge in [-0.3, -0.25) is 14.9 Å². The minimum absolute atomic E-state index is 0.0344. The van der Waals surface area contributed by atoms with Crippen LogP contribution >= 0.6 is 11.8 Å². The molecule has 3 N–H and O–H groups in total. The summed E-state index contributed by atoms with van der Waals surface area (Å²) >= 11 is 1.20. The van der Waals surface area contributed by atoms with Crippen molar-refractivity contribution in [3.05, 3.63) is 29.8 Å². The topological polar surface area (TPSA) is 114 Å². The molecule has 0 aliphatic carbocycles. The zero-order valence-corrected chi connectivity index (χ0v) is 15.1. The minimum Gasteiger partial charge on any atom is -0.452 e. The van der Waals surface area contributed by atoms with E-state index in [1.54, 1.807) is 24.3 Å². The van der Waals surface area contributed by atoms with Gasteiger partial charge in [-0.05, 0) is 26.0 Å². The summed E-state index contributed by atoms with van der Waals surface area (Å²) in [6.45, 7) is 3.13. The third-order valence-electron chi connectivity index (χ3n) is 2.73. The fraction of sp³-hybridized carbons (Fsp3) is 0.375. The van der Waals surface area contributed by atoms with E-state index < -0.39 is 24.5 Å². The van der Waals surface area contributed by atoms with Crippen LogP contribution < -0.4 is 16.0 Å². The Kier molecular flexibility index (Phi) is 8.48. The van der Waals surface area contributed by atoms with Gasteiger partial charge in [-0.2, -0.15) is 0 Å². The maximum atomic E-state index is 12.1. The van der Waals surface area contributed by atoms with Crippen molar-refractivity contribution in [3.63, 3.8) is 0 Å². The molecule has 0 radical (unpaired) electrons. The fourth-order valence-electron chi connectivity index (χ4n) is 1.70. The van der Waals surface area contributed by atoms with Crippen molar-refractivity contribution in [1.82, 2.24) is 16.0 Å². The molecule has 0 aliphatic rings. The van der Waals surface area contributed by atoms with Crippen LogP contribution in [0, 0.1) is 0 Å². The third kappa shape index (κ3) is 7.71. The van der Waals surface area contributed by atoms with E-state index in [1.807, 2.05) is 19.2 Å². The van der Waals surface area contributed by atoms with E-state index in [4.69, 9.17) is 4.74 Å². The highest BCUT2D eigenvalue weighted by atomic mass is 32.2. The van der Waals surface area contributed by atoms with Crippen molar-refractivity contribution in [2.75, 3.05) is 19.4 Å². The number of hydrogen-bond acceptors (Lipinski definition) is 6. The first-order valence-corrected chi connectivity index (χ1v) is 8.52. The number of carbonyl (C=O) groups is 4. The second-order valence-electron chi connectivity index (χ2n) is 5.21. The molecule has 0 saturated heterocycles. The number of nitrogens with one attached hydrogen (secondary N) is 3. The van der Waals surface area contributed by atoms with E-state index in [0.29, 0.717) is 4.90 Å². The van der Waals surface area contributed by atoms with Crippen molar-refractivity contribution in [3.8, 4) is 0 Å². The molecule has 1 rings (SSSR count). The first kappa shape index (κ1) is 20.5. The largest absolute Gasteiger partial charge is 0.452 e. The Morgan fingerprint density at radius 3 is 2.44 bits per heavy atom. The Morgan fingerprint density at radius 2 is 1.80 bits per heavy atom. The van der Waals surface area contributed by atoms with Crippen LogP contribution in [0.3, 0.4) is 0 Å². The number of thioether (sulfide) groups is 1. The number of urea groups is 1. The lowest BCUT2D eigenvalue weighted by molar-refractivity contribution is -0.123. The van der Waals surface area contributed by atoms with Crippen LogP contribution in [0.4, 0.5) is 4.79 Å². The molecule has 0 spiro atoms. The van der Waals surface area contributed by atoms with Crippen LogP contribution in [0.2, 0.25) is 0 Å². The van der Waals surface area contributed by atoms with Gasteiger partial charge in [-0.25, -0.2) is 9.59 Å². The summed E-state index contributed by atoms with van der Waals surface area (Å²) in [6, 6.07) is 5.97. The number of rotatable bonds is 7. The Labute approximate surface area is 150 Å². The highest BCUT2D eigenvalue weighted by Crippen LogP contribution is 2.23. The number of esters is 1. The summed E-state index contributed by atoms with van der Waals surface area (Å²) in [5.74, 6) is -1.44. The molecule has 1 aromatic rings. The quantitative estimate of drug-likeness (QED) is 0.488. The minimum atomic E-state index is -0.742. The van der Waals surface area contributed by atoms with E-state index in [-0.39, 0.29) is 23.3 Å². The lowest BCUT2D eigenvalue weighted by atomic mass is 10.2. The first-order chi connectivity index (χ1) is 11.8. The van der Waals surface area contributed by atoms with E-state index in [2.05, 4.69) is 10.6 Å². The molecule has 0 unspecified atom stereocenters. The van der Waals surface area contributed by atoms with E-state index in [0.717, 1.165) is 0 Å². The molecule has 136 valence electrons. The molecule has 0 atom stereocenters. The maximum Gasteiger partial charge on any atom is 0.339 e. The van der Waals surface area contributed by atoms with Gasteiger partial charge < -0.3 is 15.4 Å². The van der Waals surface area contributed by atoms with Gasteiger partial charge >= 0.3 is 12.0 Å². The van der Waals surface area contributed by atoms with Gasteiger partial charge in [-0.15, -0.1) is 11.8 Å². The number of benzene rings is 1. The zero-order valence-electron chi connectivity index (χ0n) is 14.3. The van der Waals surface area contributed by atoms with E-state index in [1.165, 1.54) is 18.8 Å². The van der Waals surface area contributed by atoms with E-state index >= 15 is 0 Å². The lowest BCUT2D eigenvalue weighted by Crippen LogP contribution is -2.39. The highest BCUT2D eigenvalue weighted by molar-refractivity contribution is 8.00. The average molecular weight is 367 g/mol. The Hall–Kier alpha value is -2.55. The van der Waals surface area contributed by atoms with Crippen molar-refractivity contribution >= 4 is 35.6 Å². The SMILES string of the molecule is CNC(=O)NC(=O)COC(=O)c1ccccc1SCC(=O)NC(C)C. The fourth-order valence-corrected chi connectivity index (χ4v) is 2.55. The highest BCUT2D eigenvalue weighted by Gasteiger charge is 2.16. The van der Waals surface area contributed by atoms with Gasteiger partial charge in [0.05, 0.1) is 11.3 Å². The van der Waals surface area contributed by atoms with Crippen LogP contribution in [0.15, 0.2) is 29.2 Å². The molecule has 0 bridgehead atoms. The molecule has 8 nitrogen and oxygen atoms in total. The standard InChI is InChI=1S/C16H21N3O5S/c1-10(2)18-14(21)9-25-12-7-5-4-6-11(12)15(22)24-8-13(20)19-16(23)17-3/h4-7,10H,8-9H2,1-3H3,(H,18,21)(H2,17,19,20,23). The Balaban J connectivity index is 2.62. The van der Waals surface area contributed by atoms with Gasteiger partial charge in [0.15, 0.2) is 6.61 Å². The molecule has 9 heteroatoms. The molecule has 0 aromatic heterocycles. The van der Waals surface area contributed by atoms with E-state index in [9.17, 15) is 19.2 Å². The number of amides is 4. The summed E-state index contributed by atoms with van der Waals surface area (Å²) in [5, 5.41) is 6.96. The predicted octanol–water partition coefficient (Wildman–Crippen LogP) is 0.916. The van der Waals surface area contributed by atoms with Gasteiger partial charge in [0.2, 0.25) is 5.91 Å². The normalized spacial score (nSPS) is 10.1. The second-order valence-corrected chi connectivity index (χ2v) is 6.23. The van der Waals surface area contributed by atoms with Crippen molar-refractivity contribution in [2.45, 2.75) is 24.8 Å². The number of hydrogen-bond donors (Lipinski definition) is 3. The van der Waals surface area contributed by atoms with Crippen LogP contribution in [0.1, 0.15) is 24.2 Å². The predicted molar refractivity (Wildman–Crippen MR) is 93.3 cm³/mol. The molecular formula is C16H21N3O5S. The molecule has 4 amide bonds. The summed E-state index contributed by atoms with van der Waals surface area (Å²) in [4.78, 5) is 46.8. The molecular weight excluding hydrogens is 346 g/mol. The monoisotopic (exact) mass is 367 g/mol. The number of ether oxygens (including phenoxy) is 1. The van der Waals surface area contributed by atoms with Gasteiger partial charge in [-0.1, -0.05) is 12.1 Å². The summed E-state index contributed by atoms with van der Waals surface area (Å²) in [5.41, 5.74) is 0.248. The van der Waals surface area contributed by atoms with Crippen molar-refractivity contribution < 1.29 is 23.9 Å². The number of carbonyl (C=O) groups excluding carboxylic acids is 4. The molecule has 0 saturated carbocycles. The van der Waals surface area contributed by atoms with Crippen molar-refractivity contribution in [2.24, 2.45) is 0 Å². The molecule has 1 aromatic carbocycles. The zero-order chi connectivity index (χ0) is 18.8. The van der Waals surface area contributed by atoms with Crippen LogP contribution in [-0.2, 0) is 14.3 Å². The maximum absolute atomic E-state index is 12.1. The lowest BCUT2D eigenvalue weighted by Gasteiger charge is -2.10. The summed E-state index contributed by atoms with van der Waals surface area (Å²) < 4.78 is 4.90. The van der Waals surface area contributed by atoms with Crippen LogP contribution in [-0.4, -0.2) is 49.3 Å². The molecule has 0 heterocycles.